The summed E-state index contributed by atoms with van der Waals surface area (Å²) < 4.78 is 10.1. The molecular weight excluding hydrogens is 184 g/mol. The maximum Gasteiger partial charge on any atom is 0.160 e. The van der Waals surface area contributed by atoms with Gasteiger partial charge in [0.25, 0.3) is 0 Å². The molecule has 0 bridgehead atoms. The van der Waals surface area contributed by atoms with Crippen LogP contribution in [0, 0.1) is 5.92 Å². The molecule has 0 saturated heterocycles. The van der Waals surface area contributed by atoms with Gasteiger partial charge in [0.1, 0.15) is 0 Å². The predicted molar refractivity (Wildman–Crippen MR) is 38.6 cm³/mol. The lowest BCUT2D eigenvalue weighted by atomic mass is 10.4. The van der Waals surface area contributed by atoms with E-state index < -0.39 is 0 Å². The largest absolute Gasteiger partial charge is 0.356 e. The third kappa shape index (κ3) is 1.66. The van der Waals surface area contributed by atoms with Gasteiger partial charge in [0.2, 0.25) is 0 Å². The first-order valence-corrected chi connectivity index (χ1v) is 3.90. The standard InChI is InChI=1S/C6H11BrO2/c1-8-6(9-2)4-3-5(4)7/h4-6H,3H2,1-2H3/t4-,5-/m1/s1. The molecule has 0 aliphatic heterocycles. The summed E-state index contributed by atoms with van der Waals surface area (Å²) in [6.45, 7) is 0. The molecule has 1 aliphatic carbocycles. The van der Waals surface area contributed by atoms with Gasteiger partial charge in [-0.3, -0.25) is 0 Å². The number of hydrogen-bond acceptors (Lipinski definition) is 2. The molecule has 0 unspecified atom stereocenters. The lowest BCUT2D eigenvalue weighted by molar-refractivity contribution is -0.115. The second kappa shape index (κ2) is 2.99. The Morgan fingerprint density at radius 2 is 1.89 bits per heavy atom. The van der Waals surface area contributed by atoms with Crippen LogP contribution in [0.1, 0.15) is 6.42 Å². The highest BCUT2D eigenvalue weighted by molar-refractivity contribution is 9.09. The van der Waals surface area contributed by atoms with E-state index in [2.05, 4.69) is 15.9 Å². The van der Waals surface area contributed by atoms with Gasteiger partial charge >= 0.3 is 0 Å². The molecule has 9 heavy (non-hydrogen) atoms. The van der Waals surface area contributed by atoms with Gasteiger partial charge in [-0.15, -0.1) is 0 Å². The fourth-order valence-corrected chi connectivity index (χ4v) is 1.59. The number of ether oxygens (including phenoxy) is 2. The molecule has 0 heterocycles. The van der Waals surface area contributed by atoms with Gasteiger partial charge in [0, 0.05) is 25.0 Å². The smallest absolute Gasteiger partial charge is 0.160 e. The first-order valence-electron chi connectivity index (χ1n) is 2.99. The molecule has 1 rings (SSSR count). The second-order valence-electron chi connectivity index (χ2n) is 2.26. The maximum absolute atomic E-state index is 5.04. The summed E-state index contributed by atoms with van der Waals surface area (Å²) in [6, 6.07) is 0. The van der Waals surface area contributed by atoms with Gasteiger partial charge in [-0.2, -0.15) is 0 Å². The van der Waals surface area contributed by atoms with E-state index in [1.165, 1.54) is 6.42 Å². The van der Waals surface area contributed by atoms with Crippen LogP contribution in [0.25, 0.3) is 0 Å². The molecular formula is C6H11BrO2. The van der Waals surface area contributed by atoms with Crippen LogP contribution in [0.3, 0.4) is 0 Å². The van der Waals surface area contributed by atoms with E-state index in [1.807, 2.05) is 0 Å². The van der Waals surface area contributed by atoms with Gasteiger partial charge in [0.05, 0.1) is 0 Å². The molecule has 0 amide bonds. The fraction of sp³-hybridized carbons (Fsp3) is 1.00. The highest BCUT2D eigenvalue weighted by atomic mass is 79.9. The van der Waals surface area contributed by atoms with Crippen LogP contribution in [-0.2, 0) is 9.47 Å². The Morgan fingerprint density at radius 1 is 1.44 bits per heavy atom. The van der Waals surface area contributed by atoms with Gasteiger partial charge in [0.15, 0.2) is 6.29 Å². The molecule has 0 aromatic rings. The van der Waals surface area contributed by atoms with Crippen LogP contribution >= 0.6 is 15.9 Å². The molecule has 3 heteroatoms. The van der Waals surface area contributed by atoms with Crippen LogP contribution in [0.15, 0.2) is 0 Å². The Hall–Kier alpha value is 0.400. The van der Waals surface area contributed by atoms with Crippen LogP contribution in [-0.4, -0.2) is 25.3 Å². The van der Waals surface area contributed by atoms with Crippen molar-refractivity contribution in [1.82, 2.24) is 0 Å². The molecule has 0 aromatic heterocycles. The van der Waals surface area contributed by atoms with E-state index in [-0.39, 0.29) is 6.29 Å². The molecule has 0 spiro atoms. The minimum absolute atomic E-state index is 0.00521. The van der Waals surface area contributed by atoms with Crippen molar-refractivity contribution in [3.8, 4) is 0 Å². The van der Waals surface area contributed by atoms with E-state index in [1.54, 1.807) is 14.2 Å². The van der Waals surface area contributed by atoms with E-state index >= 15 is 0 Å². The van der Waals surface area contributed by atoms with Crippen LogP contribution in [0.4, 0.5) is 0 Å². The minimum atomic E-state index is -0.00521. The van der Waals surface area contributed by atoms with Crippen molar-refractivity contribution < 1.29 is 9.47 Å². The van der Waals surface area contributed by atoms with E-state index in [4.69, 9.17) is 9.47 Å². The lowest BCUT2D eigenvalue weighted by Crippen LogP contribution is -2.16. The molecule has 1 fully saturated rings. The van der Waals surface area contributed by atoms with Crippen molar-refractivity contribution >= 4 is 15.9 Å². The van der Waals surface area contributed by atoms with Gasteiger partial charge in [-0.1, -0.05) is 15.9 Å². The molecule has 1 saturated carbocycles. The third-order valence-corrected chi connectivity index (χ3v) is 2.63. The Bertz CT molecular complexity index is 93.1. The third-order valence-electron chi connectivity index (χ3n) is 1.57. The van der Waals surface area contributed by atoms with E-state index in [9.17, 15) is 0 Å². The first kappa shape index (κ1) is 7.51. The summed E-state index contributed by atoms with van der Waals surface area (Å²) in [7, 11) is 3.35. The molecule has 54 valence electrons. The monoisotopic (exact) mass is 194 g/mol. The Kier molecular flexibility index (Phi) is 2.50. The quantitative estimate of drug-likeness (QED) is 0.500. The first-order chi connectivity index (χ1) is 4.29. The second-order valence-corrected chi connectivity index (χ2v) is 3.43. The Labute approximate surface area is 63.7 Å². The number of methoxy groups -OCH3 is 2. The van der Waals surface area contributed by atoms with Crippen molar-refractivity contribution in [2.75, 3.05) is 14.2 Å². The summed E-state index contributed by atoms with van der Waals surface area (Å²) >= 11 is 3.47. The molecule has 2 atom stereocenters. The predicted octanol–water partition coefficient (Wildman–Crippen LogP) is 1.39. The highest BCUT2D eigenvalue weighted by Gasteiger charge is 2.41. The summed E-state index contributed by atoms with van der Waals surface area (Å²) in [4.78, 5) is 0.613. The average Bonchev–Trinajstić information content (AvgIpc) is 2.51. The van der Waals surface area contributed by atoms with Gasteiger partial charge in [-0.05, 0) is 6.42 Å². The zero-order valence-electron chi connectivity index (χ0n) is 5.63. The molecule has 0 aromatic carbocycles. The fourth-order valence-electron chi connectivity index (χ4n) is 0.909. The lowest BCUT2D eigenvalue weighted by Gasteiger charge is -2.10. The van der Waals surface area contributed by atoms with Crippen molar-refractivity contribution in [2.45, 2.75) is 17.5 Å². The normalized spacial score (nSPS) is 33.3. The van der Waals surface area contributed by atoms with Crippen LogP contribution in [0.2, 0.25) is 0 Å². The van der Waals surface area contributed by atoms with E-state index in [0.717, 1.165) is 0 Å². The topological polar surface area (TPSA) is 18.5 Å². The zero-order valence-corrected chi connectivity index (χ0v) is 7.22. The van der Waals surface area contributed by atoms with Crippen LogP contribution < -0.4 is 0 Å². The summed E-state index contributed by atoms with van der Waals surface area (Å²) in [6.07, 6.45) is 1.17. The average molecular weight is 195 g/mol. The molecule has 1 aliphatic rings. The zero-order chi connectivity index (χ0) is 6.85. The van der Waals surface area contributed by atoms with Crippen molar-refractivity contribution in [3.63, 3.8) is 0 Å². The summed E-state index contributed by atoms with van der Waals surface area (Å²) in [5, 5.41) is 0. The SMILES string of the molecule is COC(OC)[C@@H]1C[C@H]1Br. The molecule has 0 radical (unpaired) electrons. The number of halogens is 1. The van der Waals surface area contributed by atoms with Gasteiger partial charge in [-0.25, -0.2) is 0 Å². The van der Waals surface area contributed by atoms with Crippen LogP contribution in [0.5, 0.6) is 0 Å². The highest BCUT2D eigenvalue weighted by Crippen LogP contribution is 2.41. The van der Waals surface area contributed by atoms with E-state index in [0.29, 0.717) is 10.7 Å². The van der Waals surface area contributed by atoms with Crippen molar-refractivity contribution in [1.29, 1.82) is 0 Å². The molecule has 0 N–H and O–H groups in total. The number of hydrogen-bond donors (Lipinski definition) is 0. The Morgan fingerprint density at radius 3 is 2.00 bits per heavy atom. The summed E-state index contributed by atoms with van der Waals surface area (Å²) in [5.41, 5.74) is 0. The number of rotatable bonds is 3. The van der Waals surface area contributed by atoms with Crippen molar-refractivity contribution in [2.24, 2.45) is 5.92 Å². The summed E-state index contributed by atoms with van der Waals surface area (Å²) in [5.74, 6) is 0.569. The minimum Gasteiger partial charge on any atom is -0.356 e. The maximum atomic E-state index is 5.04. The van der Waals surface area contributed by atoms with Crippen molar-refractivity contribution in [3.05, 3.63) is 0 Å². The van der Waals surface area contributed by atoms with Gasteiger partial charge < -0.3 is 9.47 Å². The molecule has 2 nitrogen and oxygen atoms in total. The number of alkyl halides is 1. The Balaban J connectivity index is 2.23.